The Morgan fingerprint density at radius 1 is 0.714 bits per heavy atom. The van der Waals surface area contributed by atoms with Gasteiger partial charge in [0.2, 0.25) is 5.79 Å². The molecular formula is C15H32O6. The minimum Gasteiger partial charge on any atom is -0.396 e. The molecule has 6 nitrogen and oxygen atoms in total. The average Bonchev–Trinajstić information content (AvgIpc) is 2.52. The lowest BCUT2D eigenvalue weighted by molar-refractivity contribution is -0.351. The Morgan fingerprint density at radius 2 is 1.14 bits per heavy atom. The Bertz CT molecular complexity index is 234. The average molecular weight is 308 g/mol. The van der Waals surface area contributed by atoms with E-state index < -0.39 is 24.6 Å². The van der Waals surface area contributed by atoms with Crippen molar-refractivity contribution in [3.05, 3.63) is 0 Å². The summed E-state index contributed by atoms with van der Waals surface area (Å²) in [7, 11) is 0. The van der Waals surface area contributed by atoms with Gasteiger partial charge in [-0.15, -0.1) is 0 Å². The van der Waals surface area contributed by atoms with Crippen molar-refractivity contribution in [2.45, 2.75) is 57.8 Å². The molecule has 6 heteroatoms. The topological polar surface area (TPSA) is 88.4 Å². The van der Waals surface area contributed by atoms with Crippen LogP contribution >= 0.6 is 0 Å². The molecule has 0 aliphatic rings. The fraction of sp³-hybridized carbons (Fsp3) is 1.00. The summed E-state index contributed by atoms with van der Waals surface area (Å²) in [4.78, 5) is 0. The van der Waals surface area contributed by atoms with Gasteiger partial charge in [-0.2, -0.15) is 0 Å². The van der Waals surface area contributed by atoms with E-state index in [9.17, 15) is 15.3 Å². The van der Waals surface area contributed by atoms with E-state index >= 15 is 0 Å². The number of aliphatic hydroxyl groups excluding tert-OH is 3. The first-order valence-electron chi connectivity index (χ1n) is 7.86. The maximum atomic E-state index is 9.84. The van der Waals surface area contributed by atoms with Crippen LogP contribution in [-0.4, -0.2) is 66.3 Å². The molecule has 0 radical (unpaired) electrons. The first-order chi connectivity index (χ1) is 10.1. The predicted octanol–water partition coefficient (Wildman–Crippen LogP) is 1.07. The van der Waals surface area contributed by atoms with Crippen LogP contribution < -0.4 is 0 Å². The highest BCUT2D eigenvalue weighted by Gasteiger charge is 2.54. The second-order valence-corrected chi connectivity index (χ2v) is 5.08. The van der Waals surface area contributed by atoms with E-state index in [2.05, 4.69) is 0 Å². The maximum absolute atomic E-state index is 9.84. The Kier molecular flexibility index (Phi) is 11.2. The van der Waals surface area contributed by atoms with Crippen LogP contribution in [0.2, 0.25) is 0 Å². The van der Waals surface area contributed by atoms with Gasteiger partial charge in [-0.25, -0.2) is 0 Å². The Labute approximate surface area is 128 Å². The van der Waals surface area contributed by atoms with E-state index in [0.717, 1.165) is 19.3 Å². The highest BCUT2D eigenvalue weighted by Crippen LogP contribution is 2.35. The first kappa shape index (κ1) is 20.8. The largest absolute Gasteiger partial charge is 0.396 e. The SMILES string of the molecule is CCCOC(CO)(CO)C(CCO)(OCCC)OCCC. The van der Waals surface area contributed by atoms with E-state index in [4.69, 9.17) is 14.2 Å². The van der Waals surface area contributed by atoms with E-state index in [1.165, 1.54) is 0 Å². The van der Waals surface area contributed by atoms with Crippen LogP contribution in [0.4, 0.5) is 0 Å². The fourth-order valence-electron chi connectivity index (χ4n) is 2.15. The number of hydrogen-bond donors (Lipinski definition) is 3. The molecule has 0 aliphatic heterocycles. The van der Waals surface area contributed by atoms with Gasteiger partial charge in [-0.05, 0) is 19.3 Å². The van der Waals surface area contributed by atoms with Crippen molar-refractivity contribution in [3.63, 3.8) is 0 Å². The third-order valence-electron chi connectivity index (χ3n) is 3.31. The summed E-state index contributed by atoms with van der Waals surface area (Å²) in [6.07, 6.45) is 2.36. The normalized spacial score (nSPS) is 12.9. The van der Waals surface area contributed by atoms with Crippen molar-refractivity contribution < 1.29 is 29.5 Å². The standard InChI is InChI=1S/C15H32O6/c1-4-9-19-14(12-17,13-18)15(7-8-16,20-10-5-2)21-11-6-3/h16-18H,4-13H2,1-3H3. The zero-order valence-corrected chi connectivity index (χ0v) is 13.6. The quantitative estimate of drug-likeness (QED) is 0.416. The molecule has 0 aromatic heterocycles. The second kappa shape index (κ2) is 11.3. The number of rotatable bonds is 14. The smallest absolute Gasteiger partial charge is 0.204 e. The van der Waals surface area contributed by atoms with Gasteiger partial charge >= 0.3 is 0 Å². The molecule has 0 aliphatic carbocycles. The number of hydrogen-bond acceptors (Lipinski definition) is 6. The van der Waals surface area contributed by atoms with Crippen molar-refractivity contribution in [2.75, 3.05) is 39.6 Å². The molecular weight excluding hydrogens is 276 g/mol. The molecule has 128 valence electrons. The summed E-state index contributed by atoms with van der Waals surface area (Å²) in [5, 5.41) is 29.1. The molecule has 0 amide bonds. The van der Waals surface area contributed by atoms with E-state index in [1.54, 1.807) is 0 Å². The summed E-state index contributed by atoms with van der Waals surface area (Å²) < 4.78 is 17.4. The second-order valence-electron chi connectivity index (χ2n) is 5.08. The summed E-state index contributed by atoms with van der Waals surface area (Å²) in [6, 6.07) is 0. The molecule has 0 rings (SSSR count). The number of ether oxygens (including phenoxy) is 3. The minimum absolute atomic E-state index is 0.123. The van der Waals surface area contributed by atoms with Gasteiger partial charge in [0.05, 0.1) is 13.2 Å². The van der Waals surface area contributed by atoms with Crippen LogP contribution in [0.25, 0.3) is 0 Å². The molecule has 0 aromatic carbocycles. The van der Waals surface area contributed by atoms with E-state index in [-0.39, 0.29) is 13.0 Å². The fourth-order valence-corrected chi connectivity index (χ4v) is 2.15. The highest BCUT2D eigenvalue weighted by atomic mass is 16.7. The van der Waals surface area contributed by atoms with Gasteiger partial charge in [0, 0.05) is 32.8 Å². The van der Waals surface area contributed by atoms with Crippen molar-refractivity contribution in [1.82, 2.24) is 0 Å². The molecule has 0 atom stereocenters. The van der Waals surface area contributed by atoms with Gasteiger partial charge in [-0.3, -0.25) is 0 Å². The Balaban J connectivity index is 5.47. The van der Waals surface area contributed by atoms with Gasteiger partial charge in [-0.1, -0.05) is 20.8 Å². The van der Waals surface area contributed by atoms with Crippen LogP contribution in [0.15, 0.2) is 0 Å². The summed E-state index contributed by atoms with van der Waals surface area (Å²) in [5.74, 6) is -1.35. The molecule has 0 bridgehead atoms. The molecule has 0 saturated heterocycles. The summed E-state index contributed by atoms with van der Waals surface area (Å²) in [5.41, 5.74) is -1.39. The summed E-state index contributed by atoms with van der Waals surface area (Å²) >= 11 is 0. The van der Waals surface area contributed by atoms with Gasteiger partial charge in [0.25, 0.3) is 0 Å². The molecule has 0 aromatic rings. The van der Waals surface area contributed by atoms with Gasteiger partial charge in [0.1, 0.15) is 0 Å². The molecule has 3 N–H and O–H groups in total. The van der Waals surface area contributed by atoms with Gasteiger partial charge in [0.15, 0.2) is 5.60 Å². The Hall–Kier alpha value is -0.240. The third kappa shape index (κ3) is 5.47. The van der Waals surface area contributed by atoms with Crippen LogP contribution in [0.3, 0.4) is 0 Å². The molecule has 0 unspecified atom stereocenters. The third-order valence-corrected chi connectivity index (χ3v) is 3.31. The monoisotopic (exact) mass is 308 g/mol. The lowest BCUT2D eigenvalue weighted by Crippen LogP contribution is -2.64. The molecule has 0 fully saturated rings. The van der Waals surface area contributed by atoms with Crippen molar-refractivity contribution >= 4 is 0 Å². The lowest BCUT2D eigenvalue weighted by Gasteiger charge is -2.47. The van der Waals surface area contributed by atoms with Crippen LogP contribution in [0.1, 0.15) is 46.5 Å². The highest BCUT2D eigenvalue weighted by molar-refractivity contribution is 4.97. The zero-order valence-electron chi connectivity index (χ0n) is 13.6. The van der Waals surface area contributed by atoms with Crippen LogP contribution in [0, 0.1) is 0 Å². The van der Waals surface area contributed by atoms with Crippen molar-refractivity contribution in [2.24, 2.45) is 0 Å². The predicted molar refractivity (Wildman–Crippen MR) is 80.1 cm³/mol. The van der Waals surface area contributed by atoms with Gasteiger partial charge < -0.3 is 29.5 Å². The van der Waals surface area contributed by atoms with Crippen molar-refractivity contribution in [3.8, 4) is 0 Å². The zero-order chi connectivity index (χ0) is 16.2. The molecule has 0 heterocycles. The molecule has 0 spiro atoms. The Morgan fingerprint density at radius 3 is 1.48 bits per heavy atom. The van der Waals surface area contributed by atoms with Crippen LogP contribution in [0.5, 0.6) is 0 Å². The molecule has 21 heavy (non-hydrogen) atoms. The van der Waals surface area contributed by atoms with E-state index in [1.807, 2.05) is 20.8 Å². The van der Waals surface area contributed by atoms with E-state index in [0.29, 0.717) is 19.8 Å². The maximum Gasteiger partial charge on any atom is 0.204 e. The van der Waals surface area contributed by atoms with Crippen molar-refractivity contribution in [1.29, 1.82) is 0 Å². The lowest BCUT2D eigenvalue weighted by atomic mass is 9.90. The van der Waals surface area contributed by atoms with Crippen LogP contribution in [-0.2, 0) is 14.2 Å². The minimum atomic E-state index is -1.39. The summed E-state index contributed by atoms with van der Waals surface area (Å²) in [6.45, 7) is 5.90. The first-order valence-corrected chi connectivity index (χ1v) is 7.86. The number of aliphatic hydroxyl groups is 3. The molecule has 0 saturated carbocycles.